The Labute approximate surface area is 151 Å². The maximum absolute atomic E-state index is 4.48. The summed E-state index contributed by atoms with van der Waals surface area (Å²) in [6.07, 6.45) is 6.99. The molecule has 1 N–H and O–H groups in total. The number of aromatic nitrogens is 2. The van der Waals surface area contributed by atoms with Crippen LogP contribution >= 0.6 is 15.9 Å². The Morgan fingerprint density at radius 1 is 1.38 bits per heavy atom. The predicted octanol–water partition coefficient (Wildman–Crippen LogP) is 3.30. The van der Waals surface area contributed by atoms with Gasteiger partial charge in [-0.05, 0) is 30.0 Å². The number of aliphatic imine (C=N–C) groups is 1. The monoisotopic (exact) mass is 389 g/mol. The third-order valence-electron chi connectivity index (χ3n) is 4.70. The fraction of sp³-hybridized carbons (Fsp3) is 0.444. The lowest BCUT2D eigenvalue weighted by Gasteiger charge is -2.39. The molecule has 0 saturated carbocycles. The van der Waals surface area contributed by atoms with Crippen molar-refractivity contribution >= 4 is 21.9 Å². The van der Waals surface area contributed by atoms with Crippen molar-refractivity contribution in [2.24, 2.45) is 10.9 Å². The molecule has 6 heteroatoms. The van der Waals surface area contributed by atoms with Gasteiger partial charge in [0.2, 0.25) is 0 Å². The fourth-order valence-electron chi connectivity index (χ4n) is 3.21. The number of nitrogens with one attached hydrogen (secondary N) is 1. The summed E-state index contributed by atoms with van der Waals surface area (Å²) in [6.45, 7) is 5.09. The van der Waals surface area contributed by atoms with Crippen molar-refractivity contribution in [3.8, 4) is 0 Å². The van der Waals surface area contributed by atoms with Crippen molar-refractivity contribution in [1.29, 1.82) is 0 Å². The average molecular weight is 390 g/mol. The van der Waals surface area contributed by atoms with Gasteiger partial charge in [-0.15, -0.1) is 0 Å². The van der Waals surface area contributed by atoms with Crippen LogP contribution in [0.5, 0.6) is 0 Å². The molecule has 1 aromatic heterocycles. The number of likely N-dealkylation sites (tertiary alicyclic amines) is 1. The van der Waals surface area contributed by atoms with E-state index in [-0.39, 0.29) is 0 Å². The molecular weight excluding hydrogens is 366 g/mol. The first-order valence-corrected chi connectivity index (χ1v) is 9.14. The highest BCUT2D eigenvalue weighted by Crippen LogP contribution is 2.27. The van der Waals surface area contributed by atoms with Crippen LogP contribution in [0.3, 0.4) is 0 Å². The molecule has 2 heterocycles. The molecule has 0 radical (unpaired) electrons. The van der Waals surface area contributed by atoms with Gasteiger partial charge in [0.25, 0.3) is 0 Å². The van der Waals surface area contributed by atoms with Crippen LogP contribution in [-0.2, 0) is 6.54 Å². The maximum Gasteiger partial charge on any atom is 0.193 e. The van der Waals surface area contributed by atoms with Crippen LogP contribution in [0.2, 0.25) is 0 Å². The number of imidazole rings is 1. The molecule has 128 valence electrons. The molecule has 0 amide bonds. The van der Waals surface area contributed by atoms with Gasteiger partial charge in [0, 0.05) is 43.5 Å². The molecule has 1 aliphatic heterocycles. The summed E-state index contributed by atoms with van der Waals surface area (Å²) in [5.74, 6) is 1.61. The highest BCUT2D eigenvalue weighted by molar-refractivity contribution is 9.10. The van der Waals surface area contributed by atoms with Gasteiger partial charge in [-0.1, -0.05) is 35.0 Å². The largest absolute Gasteiger partial charge is 0.352 e. The van der Waals surface area contributed by atoms with E-state index in [4.69, 9.17) is 0 Å². The van der Waals surface area contributed by atoms with Crippen LogP contribution in [0, 0.1) is 5.92 Å². The molecule has 1 saturated heterocycles. The summed E-state index contributed by atoms with van der Waals surface area (Å²) in [6, 6.07) is 8.82. The van der Waals surface area contributed by atoms with Crippen LogP contribution in [0.1, 0.15) is 24.9 Å². The molecule has 0 aliphatic carbocycles. The number of piperidine rings is 1. The lowest BCUT2D eigenvalue weighted by Crippen LogP contribution is -2.48. The Balaban J connectivity index is 1.64. The number of halogens is 1. The summed E-state index contributed by atoms with van der Waals surface area (Å²) in [5, 5.41) is 3.49. The molecule has 2 aromatic rings. The molecule has 3 rings (SSSR count). The zero-order chi connectivity index (χ0) is 16.9. The second kappa shape index (κ2) is 7.83. The van der Waals surface area contributed by atoms with Gasteiger partial charge < -0.3 is 14.8 Å². The molecule has 1 aromatic carbocycles. The van der Waals surface area contributed by atoms with E-state index in [1.54, 1.807) is 0 Å². The second-order valence-corrected chi connectivity index (χ2v) is 7.23. The standard InChI is InChI=1S/C18H24BrN5/c1-14-7-9-23(12-17(14)24-10-8-21-13-24)18(20-2)22-11-15-3-5-16(19)6-4-15/h3-6,8,10,13-14,17H,7,9,11-12H2,1-2H3,(H,20,22). The Hall–Kier alpha value is -1.82. The van der Waals surface area contributed by atoms with Crippen LogP contribution < -0.4 is 5.32 Å². The van der Waals surface area contributed by atoms with E-state index in [1.807, 2.05) is 19.6 Å². The highest BCUT2D eigenvalue weighted by Gasteiger charge is 2.28. The lowest BCUT2D eigenvalue weighted by molar-refractivity contribution is 0.189. The molecule has 2 unspecified atom stereocenters. The van der Waals surface area contributed by atoms with Crippen LogP contribution in [0.15, 0.2) is 52.5 Å². The van der Waals surface area contributed by atoms with Gasteiger partial charge in [-0.2, -0.15) is 0 Å². The highest BCUT2D eigenvalue weighted by atomic mass is 79.9. The van der Waals surface area contributed by atoms with Gasteiger partial charge in [-0.3, -0.25) is 4.99 Å². The van der Waals surface area contributed by atoms with Crippen molar-refractivity contribution in [3.05, 3.63) is 53.0 Å². The molecular formula is C18H24BrN5. The first-order chi connectivity index (χ1) is 11.7. The summed E-state index contributed by atoms with van der Waals surface area (Å²) < 4.78 is 3.32. The van der Waals surface area contributed by atoms with E-state index in [9.17, 15) is 0 Å². The summed E-state index contributed by atoms with van der Waals surface area (Å²) in [7, 11) is 1.86. The number of benzene rings is 1. The molecule has 0 bridgehead atoms. The van der Waals surface area contributed by atoms with Gasteiger partial charge in [0.15, 0.2) is 5.96 Å². The van der Waals surface area contributed by atoms with E-state index in [0.717, 1.165) is 36.5 Å². The first kappa shape index (κ1) is 17.0. The molecule has 2 atom stereocenters. The predicted molar refractivity (Wildman–Crippen MR) is 101 cm³/mol. The maximum atomic E-state index is 4.48. The van der Waals surface area contributed by atoms with Crippen molar-refractivity contribution < 1.29 is 0 Å². The van der Waals surface area contributed by atoms with Crippen molar-refractivity contribution in [2.45, 2.75) is 25.9 Å². The normalized spacial score (nSPS) is 21.8. The van der Waals surface area contributed by atoms with E-state index in [1.165, 1.54) is 5.56 Å². The number of guanidine groups is 1. The fourth-order valence-corrected chi connectivity index (χ4v) is 3.47. The quantitative estimate of drug-likeness (QED) is 0.646. The Morgan fingerprint density at radius 3 is 2.83 bits per heavy atom. The molecule has 1 aliphatic rings. The van der Waals surface area contributed by atoms with E-state index in [2.05, 4.69) is 78.1 Å². The second-order valence-electron chi connectivity index (χ2n) is 6.32. The van der Waals surface area contributed by atoms with Crippen LogP contribution in [-0.4, -0.2) is 40.5 Å². The minimum atomic E-state index is 0.437. The average Bonchev–Trinajstić information content (AvgIpc) is 3.12. The third-order valence-corrected chi connectivity index (χ3v) is 5.23. The van der Waals surface area contributed by atoms with Crippen LogP contribution in [0.25, 0.3) is 0 Å². The van der Waals surface area contributed by atoms with E-state index >= 15 is 0 Å². The summed E-state index contributed by atoms with van der Waals surface area (Å²) in [4.78, 5) is 11.0. The van der Waals surface area contributed by atoms with Crippen LogP contribution in [0.4, 0.5) is 0 Å². The van der Waals surface area contributed by atoms with Gasteiger partial charge in [0.1, 0.15) is 0 Å². The number of rotatable bonds is 3. The smallest absolute Gasteiger partial charge is 0.193 e. The first-order valence-electron chi connectivity index (χ1n) is 8.35. The van der Waals surface area contributed by atoms with Gasteiger partial charge in [-0.25, -0.2) is 4.98 Å². The minimum Gasteiger partial charge on any atom is -0.352 e. The Bertz CT molecular complexity index is 665. The van der Waals surface area contributed by atoms with Crippen molar-refractivity contribution in [3.63, 3.8) is 0 Å². The van der Waals surface area contributed by atoms with E-state index in [0.29, 0.717) is 12.0 Å². The topological polar surface area (TPSA) is 45.5 Å². The molecule has 1 fully saturated rings. The Kier molecular flexibility index (Phi) is 5.56. The molecule has 0 spiro atoms. The summed E-state index contributed by atoms with van der Waals surface area (Å²) in [5.41, 5.74) is 1.25. The van der Waals surface area contributed by atoms with Crippen molar-refractivity contribution in [1.82, 2.24) is 19.8 Å². The van der Waals surface area contributed by atoms with Gasteiger partial charge >= 0.3 is 0 Å². The summed E-state index contributed by atoms with van der Waals surface area (Å²) >= 11 is 3.47. The number of hydrogen-bond donors (Lipinski definition) is 1. The SMILES string of the molecule is CN=C(NCc1ccc(Br)cc1)N1CCC(C)C(n2ccnc2)C1. The third kappa shape index (κ3) is 3.98. The zero-order valence-corrected chi connectivity index (χ0v) is 15.8. The van der Waals surface area contributed by atoms with E-state index < -0.39 is 0 Å². The van der Waals surface area contributed by atoms with Gasteiger partial charge in [0.05, 0.1) is 12.4 Å². The number of hydrogen-bond acceptors (Lipinski definition) is 2. The zero-order valence-electron chi connectivity index (χ0n) is 14.2. The molecule has 24 heavy (non-hydrogen) atoms. The van der Waals surface area contributed by atoms with Crippen molar-refractivity contribution in [2.75, 3.05) is 20.1 Å². The lowest BCUT2D eigenvalue weighted by atomic mass is 9.93. The number of nitrogens with zero attached hydrogens (tertiary/aromatic N) is 4. The Morgan fingerprint density at radius 2 is 2.17 bits per heavy atom. The minimum absolute atomic E-state index is 0.437. The molecule has 5 nitrogen and oxygen atoms in total.